The number of nitrogens with zero attached hydrogens (tertiary/aromatic N) is 2. The first-order valence-electron chi connectivity index (χ1n) is 5.74. The molecule has 17 heavy (non-hydrogen) atoms. The Morgan fingerprint density at radius 1 is 1.41 bits per heavy atom. The third kappa shape index (κ3) is 1.59. The van der Waals surface area contributed by atoms with Crippen LogP contribution in [0, 0.1) is 0 Å². The summed E-state index contributed by atoms with van der Waals surface area (Å²) >= 11 is 0. The van der Waals surface area contributed by atoms with Gasteiger partial charge in [-0.3, -0.25) is 0 Å². The Kier molecular flexibility index (Phi) is 2.31. The number of hydrogen-bond donors (Lipinski definition) is 3. The molecule has 1 aromatic heterocycles. The van der Waals surface area contributed by atoms with Crippen molar-refractivity contribution < 1.29 is 10.2 Å². The molecule has 1 heterocycles. The van der Waals surface area contributed by atoms with Crippen molar-refractivity contribution in [2.24, 2.45) is 0 Å². The van der Waals surface area contributed by atoms with Gasteiger partial charge < -0.3 is 20.5 Å². The van der Waals surface area contributed by atoms with Crippen LogP contribution in [0.3, 0.4) is 0 Å². The molecule has 4 N–H and O–H groups in total. The number of hydrogen-bond acceptors (Lipinski definition) is 4. The third-order valence-corrected chi connectivity index (χ3v) is 3.38. The lowest BCUT2D eigenvalue weighted by Gasteiger charge is -2.33. The molecule has 1 aliphatic carbocycles. The van der Waals surface area contributed by atoms with E-state index in [-0.39, 0.29) is 18.8 Å². The van der Waals surface area contributed by atoms with Crippen molar-refractivity contribution in [3.8, 4) is 0 Å². The standard InChI is InChI=1S/C12H15N3O2/c13-7-1-2-11-10(3-7)14-12(6-16)15(11)8-4-9(17)5-8/h1-3,8-9,16-17H,4-6,13H2. The number of imidazole rings is 1. The van der Waals surface area contributed by atoms with Gasteiger partial charge >= 0.3 is 0 Å². The quantitative estimate of drug-likeness (QED) is 0.670. The molecule has 5 nitrogen and oxygen atoms in total. The highest BCUT2D eigenvalue weighted by molar-refractivity contribution is 5.79. The van der Waals surface area contributed by atoms with Crippen LogP contribution in [0.5, 0.6) is 0 Å². The second-order valence-electron chi connectivity index (χ2n) is 4.58. The maximum Gasteiger partial charge on any atom is 0.135 e. The van der Waals surface area contributed by atoms with Gasteiger partial charge in [0.1, 0.15) is 12.4 Å². The molecule has 0 saturated heterocycles. The number of fused-ring (bicyclic) bond motifs is 1. The fourth-order valence-corrected chi connectivity index (χ4v) is 2.45. The minimum Gasteiger partial charge on any atom is -0.399 e. The molecule has 0 amide bonds. The van der Waals surface area contributed by atoms with Crippen LogP contribution in [0.15, 0.2) is 18.2 Å². The molecule has 0 unspecified atom stereocenters. The van der Waals surface area contributed by atoms with E-state index in [4.69, 9.17) is 5.73 Å². The number of aliphatic hydroxyl groups excluding tert-OH is 2. The molecule has 0 bridgehead atoms. The molecule has 1 fully saturated rings. The Labute approximate surface area is 98.5 Å². The zero-order chi connectivity index (χ0) is 12.0. The fraction of sp³-hybridized carbons (Fsp3) is 0.417. The smallest absolute Gasteiger partial charge is 0.135 e. The van der Waals surface area contributed by atoms with Gasteiger partial charge in [0.15, 0.2) is 0 Å². The Morgan fingerprint density at radius 2 is 2.18 bits per heavy atom. The molecule has 90 valence electrons. The van der Waals surface area contributed by atoms with Gasteiger partial charge in [0.05, 0.1) is 17.1 Å². The molecule has 1 aromatic carbocycles. The van der Waals surface area contributed by atoms with Crippen molar-refractivity contribution in [3.05, 3.63) is 24.0 Å². The van der Waals surface area contributed by atoms with Crippen LogP contribution in [0.1, 0.15) is 24.7 Å². The lowest BCUT2D eigenvalue weighted by Crippen LogP contribution is -2.31. The van der Waals surface area contributed by atoms with Crippen LogP contribution in [-0.4, -0.2) is 25.9 Å². The first-order chi connectivity index (χ1) is 8.19. The lowest BCUT2D eigenvalue weighted by atomic mass is 9.89. The lowest BCUT2D eigenvalue weighted by molar-refractivity contribution is 0.0474. The van der Waals surface area contributed by atoms with Gasteiger partial charge in [0, 0.05) is 11.7 Å². The highest BCUT2D eigenvalue weighted by atomic mass is 16.3. The number of aromatic nitrogens is 2. The van der Waals surface area contributed by atoms with Crippen molar-refractivity contribution in [2.45, 2.75) is 31.6 Å². The Hall–Kier alpha value is -1.59. The molecule has 5 heteroatoms. The van der Waals surface area contributed by atoms with Crippen molar-refractivity contribution >= 4 is 16.7 Å². The maximum absolute atomic E-state index is 9.38. The molecule has 1 aliphatic rings. The predicted molar refractivity (Wildman–Crippen MR) is 64.3 cm³/mol. The van der Waals surface area contributed by atoms with Crippen molar-refractivity contribution in [3.63, 3.8) is 0 Å². The molecule has 0 spiro atoms. The Bertz CT molecular complexity index is 558. The Balaban J connectivity index is 2.13. The number of benzene rings is 1. The summed E-state index contributed by atoms with van der Waals surface area (Å²) in [5, 5.41) is 18.7. The van der Waals surface area contributed by atoms with E-state index in [1.54, 1.807) is 6.07 Å². The minimum absolute atomic E-state index is 0.0961. The summed E-state index contributed by atoms with van der Waals surface area (Å²) in [5.41, 5.74) is 8.16. The Morgan fingerprint density at radius 3 is 2.82 bits per heavy atom. The molecule has 3 rings (SSSR count). The van der Waals surface area contributed by atoms with E-state index in [0.717, 1.165) is 23.9 Å². The van der Waals surface area contributed by atoms with E-state index in [1.165, 1.54) is 0 Å². The number of rotatable bonds is 2. The van der Waals surface area contributed by atoms with E-state index < -0.39 is 0 Å². The van der Waals surface area contributed by atoms with Crippen LogP contribution >= 0.6 is 0 Å². The zero-order valence-corrected chi connectivity index (χ0v) is 9.37. The molecule has 2 aromatic rings. The summed E-state index contributed by atoms with van der Waals surface area (Å²) < 4.78 is 2.02. The largest absolute Gasteiger partial charge is 0.399 e. The van der Waals surface area contributed by atoms with Crippen molar-refractivity contribution in [1.82, 2.24) is 9.55 Å². The van der Waals surface area contributed by atoms with Gasteiger partial charge in [-0.25, -0.2) is 4.98 Å². The third-order valence-electron chi connectivity index (χ3n) is 3.38. The SMILES string of the molecule is Nc1ccc2c(c1)nc(CO)n2C1CC(O)C1. The van der Waals surface area contributed by atoms with Gasteiger partial charge in [-0.1, -0.05) is 0 Å². The van der Waals surface area contributed by atoms with Crippen LogP contribution in [0.25, 0.3) is 11.0 Å². The minimum atomic E-state index is -0.224. The van der Waals surface area contributed by atoms with Gasteiger partial charge in [0.2, 0.25) is 0 Å². The van der Waals surface area contributed by atoms with Gasteiger partial charge in [-0.05, 0) is 31.0 Å². The summed E-state index contributed by atoms with van der Waals surface area (Å²) in [7, 11) is 0. The summed E-state index contributed by atoms with van der Waals surface area (Å²) in [6, 6.07) is 5.79. The number of nitrogen functional groups attached to an aromatic ring is 1. The molecule has 0 atom stereocenters. The van der Waals surface area contributed by atoms with Gasteiger partial charge in [0.25, 0.3) is 0 Å². The normalized spacial score (nSPS) is 23.9. The van der Waals surface area contributed by atoms with Crippen molar-refractivity contribution in [1.29, 1.82) is 0 Å². The summed E-state index contributed by atoms with van der Waals surface area (Å²) in [6.07, 6.45) is 1.23. The summed E-state index contributed by atoms with van der Waals surface area (Å²) in [6.45, 7) is -0.0961. The average Bonchev–Trinajstić information content (AvgIpc) is 2.62. The first kappa shape index (κ1) is 10.6. The van der Waals surface area contributed by atoms with Gasteiger partial charge in [-0.2, -0.15) is 0 Å². The number of anilines is 1. The molecular weight excluding hydrogens is 218 g/mol. The van der Waals surface area contributed by atoms with Crippen LogP contribution < -0.4 is 5.73 Å². The van der Waals surface area contributed by atoms with Crippen molar-refractivity contribution in [2.75, 3.05) is 5.73 Å². The van der Waals surface area contributed by atoms with Crippen LogP contribution in [0.4, 0.5) is 5.69 Å². The monoisotopic (exact) mass is 233 g/mol. The highest BCUT2D eigenvalue weighted by Gasteiger charge is 2.31. The summed E-state index contributed by atoms with van der Waals surface area (Å²) in [5.74, 6) is 0.641. The molecule has 0 aliphatic heterocycles. The molecule has 1 saturated carbocycles. The van der Waals surface area contributed by atoms with E-state index in [0.29, 0.717) is 11.5 Å². The van der Waals surface area contributed by atoms with E-state index in [9.17, 15) is 10.2 Å². The summed E-state index contributed by atoms with van der Waals surface area (Å²) in [4.78, 5) is 4.37. The van der Waals surface area contributed by atoms with E-state index >= 15 is 0 Å². The van der Waals surface area contributed by atoms with E-state index in [1.807, 2.05) is 16.7 Å². The van der Waals surface area contributed by atoms with E-state index in [2.05, 4.69) is 4.98 Å². The highest BCUT2D eigenvalue weighted by Crippen LogP contribution is 2.36. The average molecular weight is 233 g/mol. The van der Waals surface area contributed by atoms with Crippen LogP contribution in [-0.2, 0) is 6.61 Å². The number of aliphatic hydroxyl groups is 2. The second-order valence-corrected chi connectivity index (χ2v) is 4.58. The molecular formula is C12H15N3O2. The van der Waals surface area contributed by atoms with Gasteiger partial charge in [-0.15, -0.1) is 0 Å². The maximum atomic E-state index is 9.38. The topological polar surface area (TPSA) is 84.3 Å². The fourth-order valence-electron chi connectivity index (χ4n) is 2.45. The zero-order valence-electron chi connectivity index (χ0n) is 9.37. The first-order valence-corrected chi connectivity index (χ1v) is 5.74. The van der Waals surface area contributed by atoms with Crippen LogP contribution in [0.2, 0.25) is 0 Å². The molecule has 0 radical (unpaired) electrons. The number of nitrogens with two attached hydrogens (primary N) is 1. The second kappa shape index (κ2) is 3.72. The predicted octanol–water partition coefficient (Wildman–Crippen LogP) is 0.807.